The second-order valence-corrected chi connectivity index (χ2v) is 18.9. The zero-order valence-electron chi connectivity index (χ0n) is 51.6. The van der Waals surface area contributed by atoms with Crippen molar-refractivity contribution in [3.8, 4) is 0 Å². The van der Waals surface area contributed by atoms with Crippen LogP contribution in [0, 0.1) is 0 Å². The van der Waals surface area contributed by atoms with Crippen LogP contribution in [0.5, 0.6) is 0 Å². The number of carboxylic acid groups (broad SMARTS) is 3. The van der Waals surface area contributed by atoms with E-state index in [-0.39, 0.29) is 0 Å². The molecule has 9 nitrogen and oxygen atoms in total. The van der Waals surface area contributed by atoms with Crippen molar-refractivity contribution in [3.63, 3.8) is 0 Å². The van der Waals surface area contributed by atoms with Crippen LogP contribution in [0.4, 0.5) is 0 Å². The van der Waals surface area contributed by atoms with Crippen LogP contribution >= 0.6 is 0 Å². The highest BCUT2D eigenvalue weighted by atomic mass is 16.5. The lowest BCUT2D eigenvalue weighted by Crippen LogP contribution is -2.23. The van der Waals surface area contributed by atoms with Gasteiger partial charge < -0.3 is 29.5 Å². The molecule has 81 heavy (non-hydrogen) atoms. The number of rotatable bonds is 51. The molecular weight excluding hydrogens is 1010 g/mol. The van der Waals surface area contributed by atoms with Gasteiger partial charge in [0.15, 0.2) is 18.3 Å². The van der Waals surface area contributed by atoms with Crippen LogP contribution in [0.2, 0.25) is 0 Å². The van der Waals surface area contributed by atoms with Crippen LogP contribution < -0.4 is 0 Å². The Morgan fingerprint density at radius 3 is 0.568 bits per heavy atom. The van der Waals surface area contributed by atoms with Gasteiger partial charge in [0.2, 0.25) is 0 Å². The van der Waals surface area contributed by atoms with Crippen LogP contribution in [0.15, 0.2) is 182 Å². The van der Waals surface area contributed by atoms with Crippen LogP contribution in [0.1, 0.15) is 215 Å². The maximum atomic E-state index is 10.8. The zero-order chi connectivity index (χ0) is 60.0. The smallest absolute Gasteiger partial charge is 0.332 e. The normalized spacial score (nSPS) is 13.9. The van der Waals surface area contributed by atoms with E-state index in [0.717, 1.165) is 154 Å². The first-order chi connectivity index (χ1) is 39.7. The van der Waals surface area contributed by atoms with Gasteiger partial charge in [0.1, 0.15) is 0 Å². The lowest BCUT2D eigenvalue weighted by atomic mass is 10.2. The maximum absolute atomic E-state index is 10.8. The minimum atomic E-state index is -0.865. The van der Waals surface area contributed by atoms with E-state index in [4.69, 9.17) is 29.5 Å². The molecule has 0 heterocycles. The van der Waals surface area contributed by atoms with E-state index in [0.29, 0.717) is 39.1 Å². The van der Waals surface area contributed by atoms with Gasteiger partial charge in [-0.05, 0) is 173 Å². The van der Waals surface area contributed by atoms with E-state index in [2.05, 4.69) is 203 Å². The van der Waals surface area contributed by atoms with E-state index in [9.17, 15) is 14.4 Å². The third kappa shape index (κ3) is 68.6. The molecule has 0 aromatic heterocycles. The summed E-state index contributed by atoms with van der Waals surface area (Å²) in [5.41, 5.74) is 0. The summed E-state index contributed by atoms with van der Waals surface area (Å²) < 4.78 is 16.0. The van der Waals surface area contributed by atoms with Crippen molar-refractivity contribution in [2.24, 2.45) is 0 Å². The molecule has 0 bridgehead atoms. The number of aliphatic carboxylic acids is 3. The Kier molecular flexibility index (Phi) is 69.3. The number of carboxylic acids is 3. The molecule has 0 aromatic rings. The topological polar surface area (TPSA) is 140 Å². The number of allylic oxidation sites excluding steroid dienone is 30. The van der Waals surface area contributed by atoms with E-state index in [1.54, 1.807) is 0 Å². The van der Waals surface area contributed by atoms with Crippen LogP contribution in [0.25, 0.3) is 0 Å². The molecular formula is C72H114O9. The van der Waals surface area contributed by atoms with Gasteiger partial charge in [-0.25, -0.2) is 14.4 Å². The first-order valence-electron chi connectivity index (χ1n) is 30.9. The fourth-order valence-corrected chi connectivity index (χ4v) is 6.97. The lowest BCUT2D eigenvalue weighted by Gasteiger charge is -2.10. The minimum Gasteiger partial charge on any atom is -0.479 e. The number of hydrogen-bond acceptors (Lipinski definition) is 6. The highest BCUT2D eigenvalue weighted by Gasteiger charge is 2.16. The molecule has 3 N–H and O–H groups in total. The van der Waals surface area contributed by atoms with E-state index in [1.165, 1.54) is 0 Å². The van der Waals surface area contributed by atoms with Gasteiger partial charge in [0.05, 0.1) is 0 Å². The summed E-state index contributed by atoms with van der Waals surface area (Å²) in [6, 6.07) is 0. The molecule has 1 unspecified atom stereocenters. The van der Waals surface area contributed by atoms with Gasteiger partial charge in [0.25, 0.3) is 0 Å². The summed E-state index contributed by atoms with van der Waals surface area (Å²) in [6.07, 6.45) is 89.6. The fourth-order valence-electron chi connectivity index (χ4n) is 6.97. The van der Waals surface area contributed by atoms with Gasteiger partial charge >= 0.3 is 17.9 Å². The van der Waals surface area contributed by atoms with Crippen LogP contribution in [-0.4, -0.2) is 71.4 Å². The second-order valence-electron chi connectivity index (χ2n) is 18.9. The number of hydrogen-bond donors (Lipinski definition) is 3. The zero-order valence-corrected chi connectivity index (χ0v) is 51.6. The summed E-state index contributed by atoms with van der Waals surface area (Å²) in [7, 11) is 0. The van der Waals surface area contributed by atoms with Crippen molar-refractivity contribution in [2.75, 3.05) is 19.8 Å². The molecule has 0 amide bonds. The highest BCUT2D eigenvalue weighted by Crippen LogP contribution is 2.07. The molecule has 0 fully saturated rings. The van der Waals surface area contributed by atoms with Crippen molar-refractivity contribution in [1.29, 1.82) is 0 Å². The molecule has 0 aliphatic rings. The van der Waals surface area contributed by atoms with E-state index < -0.39 is 36.2 Å². The van der Waals surface area contributed by atoms with E-state index >= 15 is 0 Å². The third-order valence-electron chi connectivity index (χ3n) is 11.7. The Morgan fingerprint density at radius 2 is 0.420 bits per heavy atom. The molecule has 456 valence electrons. The average molecular weight is 1120 g/mol. The largest absolute Gasteiger partial charge is 0.479 e. The molecule has 0 saturated heterocycles. The van der Waals surface area contributed by atoms with Crippen molar-refractivity contribution in [2.45, 2.75) is 233 Å². The molecule has 0 aromatic carbocycles. The molecule has 3 atom stereocenters. The van der Waals surface area contributed by atoms with Crippen molar-refractivity contribution in [3.05, 3.63) is 182 Å². The molecule has 9 heteroatoms. The molecule has 0 spiro atoms. The summed E-state index contributed by atoms with van der Waals surface area (Å²) in [4.78, 5) is 32.4. The fraction of sp³-hybridized carbons (Fsp3) is 0.542. The highest BCUT2D eigenvalue weighted by molar-refractivity contribution is 5.72. The van der Waals surface area contributed by atoms with Crippen LogP contribution in [0.3, 0.4) is 0 Å². The Labute approximate surface area is 495 Å². The van der Waals surface area contributed by atoms with Crippen LogP contribution in [-0.2, 0) is 28.6 Å². The first kappa shape index (κ1) is 79.6. The Morgan fingerprint density at radius 1 is 0.259 bits per heavy atom. The summed E-state index contributed by atoms with van der Waals surface area (Å²) in [6.45, 7) is 13.5. The lowest BCUT2D eigenvalue weighted by molar-refractivity contribution is -0.151. The van der Waals surface area contributed by atoms with Gasteiger partial charge in [-0.15, -0.1) is 0 Å². The monoisotopic (exact) mass is 1120 g/mol. The molecule has 0 radical (unpaired) electrons. The van der Waals surface area contributed by atoms with Crippen molar-refractivity contribution in [1.82, 2.24) is 0 Å². The van der Waals surface area contributed by atoms with Gasteiger partial charge in [0, 0.05) is 19.8 Å². The number of unbranched alkanes of at least 4 members (excludes halogenated alkanes) is 6. The SMILES string of the molecule is CC/C=C\C/C=C\C/C=C\C/C=C\C/C=C\CCCCOC(CC)C(=O)O.CC/C=C\C/C=C\C/C=C\C/C=C\C/C=C\CCCCO[C@@H](CC)C(=O)O.CC/C=C\C/C=C\C/C=C\C/C=C\C/C=C\CCCCO[C@H](CC)C(=O)O. The molecule has 0 saturated carbocycles. The van der Waals surface area contributed by atoms with Crippen molar-refractivity contribution >= 4 is 17.9 Å². The maximum Gasteiger partial charge on any atom is 0.332 e. The molecule has 0 rings (SSSR count). The van der Waals surface area contributed by atoms with Gasteiger partial charge in [-0.3, -0.25) is 0 Å². The summed E-state index contributed by atoms with van der Waals surface area (Å²) >= 11 is 0. The van der Waals surface area contributed by atoms with Gasteiger partial charge in [-0.2, -0.15) is 0 Å². The average Bonchev–Trinajstić information content (AvgIpc) is 3.45. The summed E-state index contributed by atoms with van der Waals surface area (Å²) in [5, 5.41) is 26.6. The predicted octanol–water partition coefficient (Wildman–Crippen LogP) is 20.4. The Bertz CT molecular complexity index is 1670. The molecule has 0 aliphatic heterocycles. The molecule has 0 aliphatic carbocycles. The second kappa shape index (κ2) is 70.5. The van der Waals surface area contributed by atoms with E-state index in [1.807, 2.05) is 20.8 Å². The van der Waals surface area contributed by atoms with Crippen molar-refractivity contribution < 1.29 is 43.9 Å². The predicted molar refractivity (Wildman–Crippen MR) is 348 cm³/mol. The Balaban J connectivity index is -0.00000113. The van der Waals surface area contributed by atoms with Gasteiger partial charge in [-0.1, -0.05) is 224 Å². The summed E-state index contributed by atoms with van der Waals surface area (Å²) in [5.74, 6) is -2.60. The minimum absolute atomic E-state index is 0.518. The third-order valence-corrected chi connectivity index (χ3v) is 11.7. The quantitative estimate of drug-likeness (QED) is 0.0401. The number of carbonyl (C=O) groups is 3. The standard InChI is InChI=1S/3C24H38O3/c3*1-3-5-6-7-8-9-10-11-12-13-14-15-16-17-18-19-20-21-22-27-23(4-2)24(25)26/h3*5-6,8-9,11-12,14-15,17-18,23H,3-4,7,10,13,16,19-22H2,1-2H3,(H,25,26)/b3*6-5-,9-8-,12-11-,15-14-,18-17-/t2*23-;/m10./s1. The number of ether oxygens (including phenoxy) is 3. The first-order valence-corrected chi connectivity index (χ1v) is 30.9. The Hall–Kier alpha value is -5.61.